The lowest BCUT2D eigenvalue weighted by Gasteiger charge is -2.30. The Morgan fingerprint density at radius 1 is 1.27 bits per heavy atom. The Labute approximate surface area is 154 Å². The van der Waals surface area contributed by atoms with Crippen molar-refractivity contribution < 1.29 is 23.1 Å². The smallest absolute Gasteiger partial charge is 0.323 e. The Hall–Kier alpha value is -1.93. The largest absolute Gasteiger partial charge is 0.480 e. The van der Waals surface area contributed by atoms with Crippen molar-refractivity contribution in [3.63, 3.8) is 0 Å². The van der Waals surface area contributed by atoms with Gasteiger partial charge in [-0.1, -0.05) is 13.8 Å². The molecule has 1 aliphatic rings. The predicted molar refractivity (Wildman–Crippen MR) is 97.4 cm³/mol. The fourth-order valence-electron chi connectivity index (χ4n) is 3.15. The molecule has 1 amide bonds. The molecule has 0 aliphatic carbocycles. The molecule has 144 valence electrons. The number of rotatable bonds is 7. The van der Waals surface area contributed by atoms with Gasteiger partial charge in [0.15, 0.2) is 0 Å². The normalized spacial score (nSPS) is 18.5. The third-order valence-corrected chi connectivity index (χ3v) is 6.35. The second kappa shape index (κ2) is 8.64. The number of carbonyl (C=O) groups excluding carboxylic acids is 1. The molecule has 0 saturated carbocycles. The van der Waals surface area contributed by atoms with Crippen molar-refractivity contribution in [2.45, 2.75) is 38.0 Å². The molecule has 1 fully saturated rings. The molecule has 1 N–H and O–H groups in total. The predicted octanol–water partition coefficient (Wildman–Crippen LogP) is 2.04. The Balaban J connectivity index is 2.18. The quantitative estimate of drug-likeness (QED) is 0.779. The van der Waals surface area contributed by atoms with Gasteiger partial charge in [-0.3, -0.25) is 9.59 Å². The molecule has 0 bridgehead atoms. The molecule has 2 rings (SSSR count). The van der Waals surface area contributed by atoms with Crippen LogP contribution in [0.5, 0.6) is 0 Å². The van der Waals surface area contributed by atoms with E-state index in [9.17, 15) is 18.0 Å². The first kappa shape index (κ1) is 20.4. The molecule has 0 aromatic heterocycles. The Morgan fingerprint density at radius 2 is 1.92 bits per heavy atom. The maximum atomic E-state index is 12.7. The number of amides is 1. The maximum Gasteiger partial charge on any atom is 0.323 e. The summed E-state index contributed by atoms with van der Waals surface area (Å²) in [6.45, 7) is 4.86. The van der Waals surface area contributed by atoms with Gasteiger partial charge in [0.25, 0.3) is 5.91 Å². The summed E-state index contributed by atoms with van der Waals surface area (Å²) in [5, 5.41) is 8.94. The molecule has 8 heteroatoms. The van der Waals surface area contributed by atoms with Crippen LogP contribution in [-0.2, 0) is 14.8 Å². The molecule has 0 spiro atoms. The van der Waals surface area contributed by atoms with E-state index in [0.717, 1.165) is 12.8 Å². The van der Waals surface area contributed by atoms with Crippen LogP contribution in [0.25, 0.3) is 0 Å². The van der Waals surface area contributed by atoms with Crippen molar-refractivity contribution in [3.8, 4) is 0 Å². The number of nitrogens with zero attached hydrogens (tertiary/aromatic N) is 2. The van der Waals surface area contributed by atoms with Crippen LogP contribution in [0.3, 0.4) is 0 Å². The van der Waals surface area contributed by atoms with Crippen molar-refractivity contribution in [1.82, 2.24) is 9.21 Å². The second-order valence-corrected chi connectivity index (χ2v) is 8.69. The molecule has 1 aromatic rings. The average Bonchev–Trinajstić information content (AvgIpc) is 2.60. The molecule has 1 aromatic carbocycles. The molecule has 1 heterocycles. The van der Waals surface area contributed by atoms with E-state index in [1.165, 1.54) is 33.5 Å². The highest BCUT2D eigenvalue weighted by Gasteiger charge is 2.29. The lowest BCUT2D eigenvalue weighted by atomic mass is 10.0. The van der Waals surface area contributed by atoms with Gasteiger partial charge in [0.1, 0.15) is 6.54 Å². The van der Waals surface area contributed by atoms with E-state index in [4.69, 9.17) is 5.11 Å². The van der Waals surface area contributed by atoms with Gasteiger partial charge >= 0.3 is 5.97 Å². The number of hydrogen-bond donors (Lipinski definition) is 1. The van der Waals surface area contributed by atoms with Gasteiger partial charge in [-0.2, -0.15) is 4.31 Å². The van der Waals surface area contributed by atoms with Gasteiger partial charge in [0.2, 0.25) is 10.0 Å². The van der Waals surface area contributed by atoms with Crippen LogP contribution in [0, 0.1) is 5.92 Å². The van der Waals surface area contributed by atoms with Crippen molar-refractivity contribution in [2.75, 3.05) is 26.2 Å². The number of sulfonamides is 1. The molecule has 1 unspecified atom stereocenters. The van der Waals surface area contributed by atoms with Crippen LogP contribution in [-0.4, -0.2) is 60.8 Å². The molecular weight excluding hydrogens is 356 g/mol. The van der Waals surface area contributed by atoms with E-state index in [1.807, 2.05) is 13.8 Å². The number of hydrogen-bond acceptors (Lipinski definition) is 4. The van der Waals surface area contributed by atoms with Gasteiger partial charge < -0.3 is 10.0 Å². The first-order valence-corrected chi connectivity index (χ1v) is 10.3. The Bertz CT molecular complexity index is 745. The van der Waals surface area contributed by atoms with Crippen molar-refractivity contribution in [2.24, 2.45) is 5.92 Å². The molecule has 0 radical (unpaired) electrons. The van der Waals surface area contributed by atoms with Gasteiger partial charge in [-0.15, -0.1) is 0 Å². The number of carbonyl (C=O) groups is 2. The number of benzene rings is 1. The fraction of sp³-hybridized carbons (Fsp3) is 0.556. The van der Waals surface area contributed by atoms with E-state index in [1.54, 1.807) is 0 Å². The monoisotopic (exact) mass is 382 g/mol. The maximum absolute atomic E-state index is 12.7. The highest BCUT2D eigenvalue weighted by atomic mass is 32.2. The SMILES string of the molecule is CCCN(CC(=O)O)C(=O)c1ccc(S(=O)(=O)N2CCCC(C)C2)cc1. The van der Waals surface area contributed by atoms with Crippen molar-refractivity contribution in [1.29, 1.82) is 0 Å². The number of aliphatic carboxylic acids is 1. The summed E-state index contributed by atoms with van der Waals surface area (Å²) in [6.07, 6.45) is 2.51. The summed E-state index contributed by atoms with van der Waals surface area (Å²) in [6, 6.07) is 5.75. The highest BCUT2D eigenvalue weighted by molar-refractivity contribution is 7.89. The van der Waals surface area contributed by atoms with E-state index >= 15 is 0 Å². The minimum absolute atomic E-state index is 0.156. The number of carboxylic acids is 1. The zero-order valence-electron chi connectivity index (χ0n) is 15.2. The first-order valence-electron chi connectivity index (χ1n) is 8.87. The molecule has 1 saturated heterocycles. The zero-order chi connectivity index (χ0) is 19.3. The Morgan fingerprint density at radius 3 is 2.46 bits per heavy atom. The summed E-state index contributed by atoms with van der Waals surface area (Å²) in [7, 11) is -3.57. The summed E-state index contributed by atoms with van der Waals surface area (Å²) >= 11 is 0. The average molecular weight is 382 g/mol. The fourth-order valence-corrected chi connectivity index (χ4v) is 4.75. The van der Waals surface area contributed by atoms with Crippen molar-refractivity contribution >= 4 is 21.9 Å². The standard InChI is InChI=1S/C18H26N2O5S/c1-3-10-19(13-17(21)22)18(23)15-6-8-16(9-7-15)26(24,25)20-11-4-5-14(2)12-20/h6-9,14H,3-5,10-13H2,1-2H3,(H,21,22). The third kappa shape index (κ3) is 4.82. The lowest BCUT2D eigenvalue weighted by Crippen LogP contribution is -2.39. The van der Waals surface area contributed by atoms with Gasteiger partial charge in [0, 0.05) is 25.2 Å². The molecular formula is C18H26N2O5S. The van der Waals surface area contributed by atoms with Crippen LogP contribution >= 0.6 is 0 Å². The van der Waals surface area contributed by atoms with Crippen LogP contribution < -0.4 is 0 Å². The lowest BCUT2D eigenvalue weighted by molar-refractivity contribution is -0.137. The molecule has 1 atom stereocenters. The van der Waals surface area contributed by atoms with Gasteiger partial charge in [-0.25, -0.2) is 8.42 Å². The molecule has 7 nitrogen and oxygen atoms in total. The van der Waals surface area contributed by atoms with Crippen LogP contribution in [0.2, 0.25) is 0 Å². The first-order chi connectivity index (χ1) is 12.3. The van der Waals surface area contributed by atoms with Crippen LogP contribution in [0.4, 0.5) is 0 Å². The Kier molecular flexibility index (Phi) is 6.77. The number of piperidine rings is 1. The van der Waals surface area contributed by atoms with E-state index < -0.39 is 21.9 Å². The summed E-state index contributed by atoms with van der Waals surface area (Å²) in [5.41, 5.74) is 0.283. The van der Waals surface area contributed by atoms with E-state index in [0.29, 0.717) is 32.0 Å². The summed E-state index contributed by atoms with van der Waals surface area (Å²) in [4.78, 5) is 24.8. The summed E-state index contributed by atoms with van der Waals surface area (Å²) < 4.78 is 27.0. The molecule has 26 heavy (non-hydrogen) atoms. The van der Waals surface area contributed by atoms with E-state index in [-0.39, 0.29) is 17.0 Å². The van der Waals surface area contributed by atoms with Gasteiger partial charge in [0.05, 0.1) is 4.90 Å². The van der Waals surface area contributed by atoms with Crippen LogP contribution in [0.1, 0.15) is 43.5 Å². The minimum Gasteiger partial charge on any atom is -0.480 e. The van der Waals surface area contributed by atoms with Crippen molar-refractivity contribution in [3.05, 3.63) is 29.8 Å². The molecule has 1 aliphatic heterocycles. The topological polar surface area (TPSA) is 95.0 Å². The highest BCUT2D eigenvalue weighted by Crippen LogP contribution is 2.23. The van der Waals surface area contributed by atoms with Gasteiger partial charge in [-0.05, 0) is 49.4 Å². The zero-order valence-corrected chi connectivity index (χ0v) is 16.0. The number of carboxylic acid groups (broad SMARTS) is 1. The second-order valence-electron chi connectivity index (χ2n) is 6.76. The van der Waals surface area contributed by atoms with Crippen LogP contribution in [0.15, 0.2) is 29.2 Å². The minimum atomic E-state index is -3.57. The van der Waals surface area contributed by atoms with E-state index in [2.05, 4.69) is 0 Å². The third-order valence-electron chi connectivity index (χ3n) is 4.47. The summed E-state index contributed by atoms with van der Waals surface area (Å²) in [5.74, 6) is -1.16.